The van der Waals surface area contributed by atoms with E-state index in [1.165, 1.54) is 0 Å². The van der Waals surface area contributed by atoms with E-state index in [0.717, 1.165) is 29.8 Å². The van der Waals surface area contributed by atoms with Gasteiger partial charge in [-0.2, -0.15) is 0 Å². The van der Waals surface area contributed by atoms with Crippen LogP contribution in [0.3, 0.4) is 0 Å². The topological polar surface area (TPSA) is 77.2 Å². The minimum atomic E-state index is -0.467. The van der Waals surface area contributed by atoms with Crippen molar-refractivity contribution >= 4 is 5.91 Å². The fourth-order valence-corrected chi connectivity index (χ4v) is 2.67. The molecule has 0 unspecified atom stereocenters. The maximum atomic E-state index is 12.4. The molecule has 0 bridgehead atoms. The molecular weight excluding hydrogens is 314 g/mol. The molecule has 0 radical (unpaired) electrons. The zero-order chi connectivity index (χ0) is 18.1. The number of ether oxygens (including phenoxy) is 1. The van der Waals surface area contributed by atoms with Crippen LogP contribution in [0.15, 0.2) is 48.7 Å². The Kier molecular flexibility index (Phi) is 6.95. The van der Waals surface area contributed by atoms with Gasteiger partial charge in [0.25, 0.3) is 0 Å². The van der Waals surface area contributed by atoms with Crippen molar-refractivity contribution in [2.24, 2.45) is 11.1 Å². The predicted molar refractivity (Wildman–Crippen MR) is 98.9 cm³/mol. The summed E-state index contributed by atoms with van der Waals surface area (Å²) < 4.78 is 5.71. The van der Waals surface area contributed by atoms with Crippen LogP contribution in [0, 0.1) is 5.41 Å². The summed E-state index contributed by atoms with van der Waals surface area (Å²) in [5, 5.41) is 3.00. The van der Waals surface area contributed by atoms with Crippen LogP contribution in [0.5, 0.6) is 5.75 Å². The molecule has 0 spiro atoms. The first-order chi connectivity index (χ1) is 12.1. The van der Waals surface area contributed by atoms with E-state index in [9.17, 15) is 4.79 Å². The largest absolute Gasteiger partial charge is 0.487 e. The van der Waals surface area contributed by atoms with Gasteiger partial charge in [-0.1, -0.05) is 32.0 Å². The van der Waals surface area contributed by atoms with Crippen molar-refractivity contribution in [3.63, 3.8) is 0 Å². The summed E-state index contributed by atoms with van der Waals surface area (Å²) in [6.07, 6.45) is 3.23. The van der Waals surface area contributed by atoms with E-state index < -0.39 is 5.41 Å². The number of carbonyl (C=O) groups is 1. The van der Waals surface area contributed by atoms with Crippen LogP contribution in [-0.2, 0) is 17.9 Å². The zero-order valence-corrected chi connectivity index (χ0v) is 15.0. The number of nitrogens with one attached hydrogen (secondary N) is 1. The minimum Gasteiger partial charge on any atom is -0.487 e. The molecule has 1 heterocycles. The summed E-state index contributed by atoms with van der Waals surface area (Å²) in [5.41, 5.74) is 7.26. The summed E-state index contributed by atoms with van der Waals surface area (Å²) in [6.45, 7) is 5.30. The molecule has 5 heteroatoms. The van der Waals surface area contributed by atoms with Crippen LogP contribution < -0.4 is 15.8 Å². The zero-order valence-electron chi connectivity index (χ0n) is 15.0. The summed E-state index contributed by atoms with van der Waals surface area (Å²) >= 11 is 0. The Bertz CT molecular complexity index is 644. The smallest absolute Gasteiger partial charge is 0.227 e. The summed E-state index contributed by atoms with van der Waals surface area (Å²) in [5.74, 6) is 0.801. The second kappa shape index (κ2) is 9.18. The number of hydrogen-bond acceptors (Lipinski definition) is 4. The molecule has 0 atom stereocenters. The van der Waals surface area contributed by atoms with Gasteiger partial charge >= 0.3 is 0 Å². The van der Waals surface area contributed by atoms with E-state index in [4.69, 9.17) is 10.5 Å². The number of carbonyl (C=O) groups excluding carboxylic acids is 1. The van der Waals surface area contributed by atoms with E-state index >= 15 is 0 Å². The maximum Gasteiger partial charge on any atom is 0.227 e. The summed E-state index contributed by atoms with van der Waals surface area (Å²) in [7, 11) is 0. The first kappa shape index (κ1) is 18.9. The number of amides is 1. The number of hydrogen-bond donors (Lipinski definition) is 2. The van der Waals surface area contributed by atoms with Crippen LogP contribution in [0.4, 0.5) is 0 Å². The van der Waals surface area contributed by atoms with Crippen molar-refractivity contribution in [2.45, 2.75) is 39.8 Å². The van der Waals surface area contributed by atoms with Crippen molar-refractivity contribution in [3.8, 4) is 5.75 Å². The Hall–Kier alpha value is -2.40. The third-order valence-corrected chi connectivity index (χ3v) is 4.72. The first-order valence-electron chi connectivity index (χ1n) is 8.73. The van der Waals surface area contributed by atoms with Crippen LogP contribution in [0.2, 0.25) is 0 Å². The Morgan fingerprint density at radius 2 is 1.88 bits per heavy atom. The van der Waals surface area contributed by atoms with E-state index in [2.05, 4.69) is 10.3 Å². The average molecular weight is 341 g/mol. The molecule has 3 N–H and O–H groups in total. The van der Waals surface area contributed by atoms with E-state index in [1.54, 1.807) is 6.20 Å². The highest BCUT2D eigenvalue weighted by atomic mass is 16.5. The van der Waals surface area contributed by atoms with Crippen LogP contribution in [-0.4, -0.2) is 17.4 Å². The molecule has 0 saturated heterocycles. The SMILES string of the molecule is CCC(CC)(CN)C(=O)NCc1ccc(OCc2ccccn2)cc1. The van der Waals surface area contributed by atoms with Crippen LogP contribution in [0.25, 0.3) is 0 Å². The Morgan fingerprint density at radius 1 is 1.16 bits per heavy atom. The third kappa shape index (κ3) is 5.03. The highest BCUT2D eigenvalue weighted by Crippen LogP contribution is 2.25. The maximum absolute atomic E-state index is 12.4. The molecule has 0 fully saturated rings. The summed E-state index contributed by atoms with van der Waals surface area (Å²) in [6, 6.07) is 13.5. The van der Waals surface area contributed by atoms with Gasteiger partial charge in [-0.05, 0) is 42.7 Å². The fraction of sp³-hybridized carbons (Fsp3) is 0.400. The number of aromatic nitrogens is 1. The Morgan fingerprint density at radius 3 is 2.44 bits per heavy atom. The normalized spacial score (nSPS) is 11.2. The van der Waals surface area contributed by atoms with Crippen molar-refractivity contribution in [1.82, 2.24) is 10.3 Å². The minimum absolute atomic E-state index is 0.0236. The second-order valence-electron chi connectivity index (χ2n) is 6.13. The lowest BCUT2D eigenvalue weighted by atomic mass is 9.81. The van der Waals surface area contributed by atoms with Crippen molar-refractivity contribution in [1.29, 1.82) is 0 Å². The number of nitrogens with zero attached hydrogens (tertiary/aromatic N) is 1. The molecule has 2 aromatic rings. The lowest BCUT2D eigenvalue weighted by Gasteiger charge is -2.28. The van der Waals surface area contributed by atoms with Gasteiger partial charge in [0.2, 0.25) is 5.91 Å². The third-order valence-electron chi connectivity index (χ3n) is 4.72. The molecule has 2 rings (SSSR count). The lowest BCUT2D eigenvalue weighted by molar-refractivity contribution is -0.131. The highest BCUT2D eigenvalue weighted by Gasteiger charge is 2.32. The number of pyridine rings is 1. The molecular formula is C20H27N3O2. The molecule has 0 aliphatic carbocycles. The van der Waals surface area contributed by atoms with E-state index in [0.29, 0.717) is 19.7 Å². The summed E-state index contributed by atoms with van der Waals surface area (Å²) in [4.78, 5) is 16.7. The Labute approximate surface area is 149 Å². The molecule has 0 saturated carbocycles. The second-order valence-corrected chi connectivity index (χ2v) is 6.13. The van der Waals surface area contributed by atoms with Gasteiger partial charge in [-0.25, -0.2) is 0 Å². The van der Waals surface area contributed by atoms with Crippen molar-refractivity contribution < 1.29 is 9.53 Å². The van der Waals surface area contributed by atoms with Gasteiger partial charge in [0, 0.05) is 19.3 Å². The Balaban J connectivity index is 1.87. The standard InChI is InChI=1S/C20H27N3O2/c1-3-20(4-2,15-21)19(24)23-13-16-8-10-18(11-9-16)25-14-17-7-5-6-12-22-17/h5-12H,3-4,13-15,21H2,1-2H3,(H,23,24). The molecule has 1 amide bonds. The monoisotopic (exact) mass is 341 g/mol. The van der Waals surface area contributed by atoms with Crippen molar-refractivity contribution in [3.05, 3.63) is 59.9 Å². The van der Waals surface area contributed by atoms with Gasteiger partial charge in [0.05, 0.1) is 11.1 Å². The van der Waals surface area contributed by atoms with Gasteiger partial charge in [0.15, 0.2) is 0 Å². The number of rotatable bonds is 9. The first-order valence-corrected chi connectivity index (χ1v) is 8.73. The molecule has 1 aromatic carbocycles. The van der Waals surface area contributed by atoms with Crippen molar-refractivity contribution in [2.75, 3.05) is 6.54 Å². The molecule has 134 valence electrons. The fourth-order valence-electron chi connectivity index (χ4n) is 2.67. The average Bonchev–Trinajstić information content (AvgIpc) is 2.68. The van der Waals surface area contributed by atoms with Gasteiger partial charge in [-0.3, -0.25) is 9.78 Å². The van der Waals surface area contributed by atoms with Crippen LogP contribution >= 0.6 is 0 Å². The van der Waals surface area contributed by atoms with Gasteiger partial charge < -0.3 is 15.8 Å². The quantitative estimate of drug-likeness (QED) is 0.735. The van der Waals surface area contributed by atoms with Gasteiger partial charge in [0.1, 0.15) is 12.4 Å². The van der Waals surface area contributed by atoms with E-state index in [-0.39, 0.29) is 5.91 Å². The molecule has 0 aliphatic heterocycles. The predicted octanol–water partition coefficient (Wildman–Crippen LogP) is 3.04. The number of nitrogens with two attached hydrogens (primary N) is 1. The molecule has 25 heavy (non-hydrogen) atoms. The number of benzene rings is 1. The molecule has 0 aliphatic rings. The highest BCUT2D eigenvalue weighted by molar-refractivity contribution is 5.82. The van der Waals surface area contributed by atoms with Crippen LogP contribution in [0.1, 0.15) is 37.9 Å². The molecule has 5 nitrogen and oxygen atoms in total. The molecule has 1 aromatic heterocycles. The van der Waals surface area contributed by atoms with E-state index in [1.807, 2.05) is 56.3 Å². The lowest BCUT2D eigenvalue weighted by Crippen LogP contribution is -2.45. The van der Waals surface area contributed by atoms with Gasteiger partial charge in [-0.15, -0.1) is 0 Å².